The van der Waals surface area contributed by atoms with Crippen molar-refractivity contribution in [2.24, 2.45) is 0 Å². The van der Waals surface area contributed by atoms with Gasteiger partial charge in [0.1, 0.15) is 5.75 Å². The number of carbonyl (C=O) groups is 2. The van der Waals surface area contributed by atoms with Gasteiger partial charge in [-0.05, 0) is 49.0 Å². The molecule has 0 fully saturated rings. The molecule has 0 aliphatic rings. The second-order valence-corrected chi connectivity index (χ2v) is 6.01. The van der Waals surface area contributed by atoms with E-state index >= 15 is 0 Å². The van der Waals surface area contributed by atoms with E-state index in [1.807, 2.05) is 6.07 Å². The van der Waals surface area contributed by atoms with E-state index in [1.165, 1.54) is 0 Å². The molecule has 2 aromatic rings. The van der Waals surface area contributed by atoms with E-state index in [9.17, 15) is 9.59 Å². The first-order chi connectivity index (χ1) is 11.6. The van der Waals surface area contributed by atoms with Crippen LogP contribution in [-0.2, 0) is 12.6 Å². The van der Waals surface area contributed by atoms with Gasteiger partial charge in [-0.2, -0.15) is 0 Å². The molecule has 0 bridgehead atoms. The van der Waals surface area contributed by atoms with E-state index in [1.54, 1.807) is 42.5 Å². The topological polar surface area (TPSA) is 70.2 Å². The fourth-order valence-electron chi connectivity index (χ4n) is 1.97. The predicted octanol–water partition coefficient (Wildman–Crippen LogP) is 2.75. The number of amides is 3. The number of rotatable bonds is 6. The summed E-state index contributed by atoms with van der Waals surface area (Å²) < 4.78 is 0. The number of hydrogen-bond donors (Lipinski definition) is 4. The number of hydrogen-bond acceptors (Lipinski definition) is 3. The van der Waals surface area contributed by atoms with E-state index in [2.05, 4.69) is 41.2 Å². The molecule has 0 atom stereocenters. The smallest absolute Gasteiger partial charge is 0.319 e. The Kier molecular flexibility index (Phi) is 7.02. The Morgan fingerprint density at radius 1 is 0.958 bits per heavy atom. The van der Waals surface area contributed by atoms with Crippen LogP contribution in [-0.4, -0.2) is 24.2 Å². The lowest BCUT2D eigenvalue weighted by atomic mass is 10.2. The molecule has 2 rings (SSSR count). The van der Waals surface area contributed by atoms with Gasteiger partial charge in [0.05, 0.1) is 5.56 Å². The number of carbonyl (C=O) groups excluding carboxylic acids is 2. The van der Waals surface area contributed by atoms with Crippen molar-refractivity contribution >= 4 is 48.6 Å². The van der Waals surface area contributed by atoms with Crippen LogP contribution in [0.3, 0.4) is 0 Å². The third-order valence-electron chi connectivity index (χ3n) is 3.19. The summed E-state index contributed by atoms with van der Waals surface area (Å²) in [5, 5.41) is 8.28. The number of anilines is 2. The van der Waals surface area contributed by atoms with Crippen molar-refractivity contribution in [3.63, 3.8) is 0 Å². The van der Waals surface area contributed by atoms with Gasteiger partial charge in [0.15, 0.2) is 0 Å². The molecule has 0 aliphatic carbocycles. The lowest BCUT2D eigenvalue weighted by Crippen LogP contribution is -2.29. The van der Waals surface area contributed by atoms with Gasteiger partial charge in [0.2, 0.25) is 0 Å². The first kappa shape index (κ1) is 18.2. The highest BCUT2D eigenvalue weighted by molar-refractivity contribution is 7.80. The summed E-state index contributed by atoms with van der Waals surface area (Å²) >= 11 is 7.62. The number of urea groups is 1. The van der Waals surface area contributed by atoms with Gasteiger partial charge >= 0.3 is 6.03 Å². The minimum Gasteiger partial charge on any atom is -0.338 e. The van der Waals surface area contributed by atoms with Crippen molar-refractivity contribution in [3.8, 4) is 0 Å². The third kappa shape index (κ3) is 5.50. The molecular weight excluding hydrogens is 342 g/mol. The van der Waals surface area contributed by atoms with Gasteiger partial charge in [0, 0.05) is 29.2 Å². The Labute approximate surface area is 152 Å². The summed E-state index contributed by atoms with van der Waals surface area (Å²) in [7, 11) is 0. The summed E-state index contributed by atoms with van der Waals surface area (Å²) in [4.78, 5) is 24.5. The zero-order chi connectivity index (χ0) is 17.4. The van der Waals surface area contributed by atoms with E-state index in [4.69, 9.17) is 0 Å². The largest absolute Gasteiger partial charge is 0.338 e. The summed E-state index contributed by atoms with van der Waals surface area (Å²) in [6, 6.07) is 13.7. The van der Waals surface area contributed by atoms with Gasteiger partial charge < -0.3 is 16.0 Å². The molecule has 0 saturated heterocycles. The molecule has 0 aromatic heterocycles. The summed E-state index contributed by atoms with van der Waals surface area (Å²) in [5.74, 6) is 0.609. The van der Waals surface area contributed by atoms with Gasteiger partial charge in [-0.3, -0.25) is 4.79 Å². The van der Waals surface area contributed by atoms with E-state index in [-0.39, 0.29) is 11.9 Å². The maximum Gasteiger partial charge on any atom is 0.319 e. The van der Waals surface area contributed by atoms with Crippen LogP contribution in [0.1, 0.15) is 16.8 Å². The fraction of sp³-hybridized carbons (Fsp3) is 0.176. The summed E-state index contributed by atoms with van der Waals surface area (Å²) in [6.07, 6.45) is 0.863. The van der Waals surface area contributed by atoms with E-state index < -0.39 is 0 Å². The number of nitrogens with one attached hydrogen (secondary N) is 3. The van der Waals surface area contributed by atoms with Gasteiger partial charge in [0.25, 0.3) is 5.91 Å². The van der Waals surface area contributed by atoms with Crippen molar-refractivity contribution in [2.75, 3.05) is 22.9 Å². The van der Waals surface area contributed by atoms with Crippen molar-refractivity contribution in [1.82, 2.24) is 5.32 Å². The van der Waals surface area contributed by atoms with Crippen LogP contribution in [0.4, 0.5) is 16.2 Å². The summed E-state index contributed by atoms with van der Waals surface area (Å²) in [6.45, 7) is 0.604. The zero-order valence-corrected chi connectivity index (χ0v) is 14.9. The Bertz CT molecular complexity index is 705. The first-order valence-corrected chi connectivity index (χ1v) is 8.64. The number of benzene rings is 2. The minimum absolute atomic E-state index is 0.228. The second-order valence-electron chi connectivity index (χ2n) is 5.03. The molecule has 5 nitrogen and oxygen atoms in total. The maximum absolute atomic E-state index is 12.2. The van der Waals surface area contributed by atoms with Crippen LogP contribution >= 0.6 is 12.6 Å². The Hall–Kier alpha value is -2.12. The normalized spacial score (nSPS) is 10.1. The fourth-order valence-corrected chi connectivity index (χ4v) is 2.41. The SMILES string of the molecule is O=C(NCCC[SH2+])Nc1ccc(NC(=O)c2ccccc2S)cc1. The first-order valence-electron chi connectivity index (χ1n) is 7.49. The molecule has 0 unspecified atom stereocenters. The quantitative estimate of drug-likeness (QED) is 0.363. The Morgan fingerprint density at radius 2 is 1.58 bits per heavy atom. The molecule has 0 heterocycles. The van der Waals surface area contributed by atoms with Crippen LogP contribution in [0.2, 0.25) is 0 Å². The average Bonchev–Trinajstić information content (AvgIpc) is 2.57. The van der Waals surface area contributed by atoms with Gasteiger partial charge in [-0.15, -0.1) is 12.6 Å². The average molecular weight is 363 g/mol. The Balaban J connectivity index is 1.91. The molecular formula is C17H20N3O2S2+. The summed E-state index contributed by atoms with van der Waals surface area (Å²) in [5.41, 5.74) is 1.80. The number of thiol groups is 1. The monoisotopic (exact) mass is 362 g/mol. The standard InChI is InChI=1S/C17H19N3O2S2/c21-16(14-4-1-2-5-15(14)24)19-12-6-8-13(9-7-12)20-17(22)18-10-3-11-23/h1-2,4-9,23-24H,3,10-11H2,(H,19,21)(H2,18,20,22)/p+1. The molecule has 0 radical (unpaired) electrons. The van der Waals surface area contributed by atoms with Crippen LogP contribution in [0.25, 0.3) is 0 Å². The molecule has 126 valence electrons. The zero-order valence-electron chi connectivity index (χ0n) is 13.0. The van der Waals surface area contributed by atoms with E-state index in [0.717, 1.165) is 12.2 Å². The second kappa shape index (κ2) is 9.24. The molecule has 0 saturated carbocycles. The van der Waals surface area contributed by atoms with Crippen LogP contribution in [0, 0.1) is 0 Å². The lowest BCUT2D eigenvalue weighted by Gasteiger charge is -2.09. The molecule has 24 heavy (non-hydrogen) atoms. The molecule has 0 aliphatic heterocycles. The van der Waals surface area contributed by atoms with E-state index in [0.29, 0.717) is 28.4 Å². The lowest BCUT2D eigenvalue weighted by molar-refractivity contribution is 0.102. The van der Waals surface area contributed by atoms with Gasteiger partial charge in [-0.25, -0.2) is 4.79 Å². The minimum atomic E-state index is -0.254. The molecule has 0 spiro atoms. The third-order valence-corrected chi connectivity index (χ3v) is 3.93. The van der Waals surface area contributed by atoms with Crippen molar-refractivity contribution in [2.45, 2.75) is 11.3 Å². The molecule has 3 amide bonds. The molecule has 2 aromatic carbocycles. The highest BCUT2D eigenvalue weighted by Gasteiger charge is 2.09. The van der Waals surface area contributed by atoms with Crippen LogP contribution < -0.4 is 16.0 Å². The maximum atomic E-state index is 12.2. The highest BCUT2D eigenvalue weighted by Crippen LogP contribution is 2.17. The Morgan fingerprint density at radius 3 is 2.21 bits per heavy atom. The van der Waals surface area contributed by atoms with Crippen LogP contribution in [0.15, 0.2) is 53.4 Å². The molecule has 7 heteroatoms. The van der Waals surface area contributed by atoms with Crippen molar-refractivity contribution in [1.29, 1.82) is 0 Å². The van der Waals surface area contributed by atoms with Crippen LogP contribution in [0.5, 0.6) is 0 Å². The molecule has 3 N–H and O–H groups in total. The van der Waals surface area contributed by atoms with Crippen molar-refractivity contribution in [3.05, 3.63) is 54.1 Å². The van der Waals surface area contributed by atoms with Crippen molar-refractivity contribution < 1.29 is 9.59 Å². The highest BCUT2D eigenvalue weighted by atomic mass is 32.1. The predicted molar refractivity (Wildman–Crippen MR) is 105 cm³/mol. The van der Waals surface area contributed by atoms with Gasteiger partial charge in [-0.1, -0.05) is 12.1 Å².